The van der Waals surface area contributed by atoms with Gasteiger partial charge in [0, 0.05) is 12.0 Å². The summed E-state index contributed by atoms with van der Waals surface area (Å²) in [7, 11) is 0. The fourth-order valence-corrected chi connectivity index (χ4v) is 1.33. The molecule has 0 fully saturated rings. The van der Waals surface area contributed by atoms with E-state index < -0.39 is 17.4 Å². The number of amides is 2. The summed E-state index contributed by atoms with van der Waals surface area (Å²) in [6.45, 7) is 3.40. The van der Waals surface area contributed by atoms with Crippen LogP contribution in [0.3, 0.4) is 0 Å². The van der Waals surface area contributed by atoms with E-state index in [1.807, 2.05) is 0 Å². The summed E-state index contributed by atoms with van der Waals surface area (Å²) in [5.74, 6) is -0.685. The number of nitrogens with one attached hydrogen (secondary N) is 2. The van der Waals surface area contributed by atoms with Gasteiger partial charge in [-0.25, -0.2) is 0 Å². The highest BCUT2D eigenvalue weighted by Gasteiger charge is 2.24. The molecule has 0 spiro atoms. The summed E-state index contributed by atoms with van der Waals surface area (Å²) in [6.07, 6.45) is 1.38. The number of H-pyrrole nitrogens is 1. The molecule has 0 saturated heterocycles. The highest BCUT2D eigenvalue weighted by atomic mass is 16.2. The maximum absolute atomic E-state index is 11.7. The summed E-state index contributed by atoms with van der Waals surface area (Å²) in [6, 6.07) is 0. The number of rotatable bonds is 4. The molecule has 0 unspecified atom stereocenters. The third-order valence-corrected chi connectivity index (χ3v) is 1.98. The van der Waals surface area contributed by atoms with Gasteiger partial charge in [-0.2, -0.15) is 5.10 Å². The largest absolute Gasteiger partial charge is 0.383 e. The predicted molar refractivity (Wildman–Crippen MR) is 58.4 cm³/mol. The average Bonchev–Trinajstić information content (AvgIpc) is 2.47. The van der Waals surface area contributed by atoms with Gasteiger partial charge in [-0.3, -0.25) is 14.7 Å². The fraction of sp³-hybridized carbons (Fsp3) is 0.444. The number of nitrogen functional groups attached to an aromatic ring is 1. The number of nitrogens with zero attached hydrogens (tertiary/aromatic N) is 1. The minimum atomic E-state index is -0.716. The zero-order chi connectivity index (χ0) is 12.3. The van der Waals surface area contributed by atoms with Crippen molar-refractivity contribution >= 4 is 17.6 Å². The molecule has 2 amide bonds. The van der Waals surface area contributed by atoms with Crippen LogP contribution in [0, 0.1) is 0 Å². The molecule has 16 heavy (non-hydrogen) atoms. The lowest BCUT2D eigenvalue weighted by molar-refractivity contribution is -0.119. The van der Waals surface area contributed by atoms with Gasteiger partial charge in [0.25, 0.3) is 5.91 Å². The molecule has 0 aromatic carbocycles. The number of hydrogen-bond donors (Lipinski definition) is 4. The van der Waals surface area contributed by atoms with Gasteiger partial charge in [-0.05, 0) is 13.8 Å². The quantitative estimate of drug-likeness (QED) is 0.544. The second-order valence-corrected chi connectivity index (χ2v) is 4.18. The first-order valence-electron chi connectivity index (χ1n) is 4.71. The lowest BCUT2D eigenvalue weighted by Gasteiger charge is -2.24. The first kappa shape index (κ1) is 12.0. The number of nitrogens with two attached hydrogens (primary N) is 2. The molecule has 7 heteroatoms. The van der Waals surface area contributed by atoms with Crippen LogP contribution in [0.2, 0.25) is 0 Å². The molecule has 0 bridgehead atoms. The standard InChI is InChI=1S/C9H15N5O2/c1-9(2,3-6(10)15)13-8(16)5-4-12-14-7(5)11/h4H,3H2,1-2H3,(H2,10,15)(H,13,16)(H3,11,12,14). The van der Waals surface area contributed by atoms with E-state index >= 15 is 0 Å². The number of anilines is 1. The van der Waals surface area contributed by atoms with Crippen molar-refractivity contribution in [1.29, 1.82) is 0 Å². The predicted octanol–water partition coefficient (Wildman–Crippen LogP) is -0.624. The third-order valence-electron chi connectivity index (χ3n) is 1.98. The molecule has 1 heterocycles. The van der Waals surface area contributed by atoms with Crippen molar-refractivity contribution in [2.75, 3.05) is 5.73 Å². The lowest BCUT2D eigenvalue weighted by atomic mass is 10.00. The van der Waals surface area contributed by atoms with E-state index in [-0.39, 0.29) is 17.8 Å². The molecule has 0 aliphatic rings. The Morgan fingerprint density at radius 3 is 2.62 bits per heavy atom. The number of aromatic amines is 1. The Hall–Kier alpha value is -2.05. The Kier molecular flexibility index (Phi) is 3.17. The van der Waals surface area contributed by atoms with Gasteiger partial charge in [0.2, 0.25) is 5.91 Å². The molecule has 0 radical (unpaired) electrons. The van der Waals surface area contributed by atoms with Gasteiger partial charge in [0.1, 0.15) is 11.4 Å². The minimum Gasteiger partial charge on any atom is -0.383 e. The molecule has 0 aliphatic heterocycles. The molecular weight excluding hydrogens is 210 g/mol. The number of carbonyl (C=O) groups is 2. The Morgan fingerprint density at radius 1 is 1.56 bits per heavy atom. The molecule has 6 N–H and O–H groups in total. The van der Waals surface area contributed by atoms with Crippen molar-refractivity contribution in [2.24, 2.45) is 5.73 Å². The highest BCUT2D eigenvalue weighted by Crippen LogP contribution is 2.11. The van der Waals surface area contributed by atoms with Crippen LogP contribution in [0.15, 0.2) is 6.20 Å². The third kappa shape index (κ3) is 2.97. The van der Waals surface area contributed by atoms with Crippen LogP contribution >= 0.6 is 0 Å². The number of carbonyl (C=O) groups excluding carboxylic acids is 2. The molecule has 0 saturated carbocycles. The van der Waals surface area contributed by atoms with E-state index in [0.29, 0.717) is 0 Å². The first-order valence-corrected chi connectivity index (χ1v) is 4.71. The smallest absolute Gasteiger partial charge is 0.257 e. The second-order valence-electron chi connectivity index (χ2n) is 4.18. The van der Waals surface area contributed by atoms with E-state index in [2.05, 4.69) is 15.5 Å². The molecule has 1 aromatic heterocycles. The molecule has 1 aromatic rings. The second kappa shape index (κ2) is 4.21. The normalized spacial score (nSPS) is 11.1. The van der Waals surface area contributed by atoms with Gasteiger partial charge < -0.3 is 16.8 Å². The summed E-state index contributed by atoms with van der Waals surface area (Å²) in [5, 5.41) is 8.73. The molecule has 0 atom stereocenters. The van der Waals surface area contributed by atoms with E-state index in [9.17, 15) is 9.59 Å². The van der Waals surface area contributed by atoms with Crippen LogP contribution in [-0.4, -0.2) is 27.6 Å². The Balaban J connectivity index is 2.71. The van der Waals surface area contributed by atoms with Gasteiger partial charge in [0.05, 0.1) is 6.20 Å². The van der Waals surface area contributed by atoms with Crippen molar-refractivity contribution < 1.29 is 9.59 Å². The minimum absolute atomic E-state index is 0.0521. The number of aromatic nitrogens is 2. The molecule has 0 aliphatic carbocycles. The summed E-state index contributed by atoms with van der Waals surface area (Å²) >= 11 is 0. The topological polar surface area (TPSA) is 127 Å². The van der Waals surface area contributed by atoms with Crippen LogP contribution in [0.5, 0.6) is 0 Å². The van der Waals surface area contributed by atoms with Crippen molar-refractivity contribution in [3.63, 3.8) is 0 Å². The van der Waals surface area contributed by atoms with Gasteiger partial charge >= 0.3 is 0 Å². The summed E-state index contributed by atoms with van der Waals surface area (Å²) < 4.78 is 0. The van der Waals surface area contributed by atoms with Crippen LogP contribution < -0.4 is 16.8 Å². The van der Waals surface area contributed by atoms with E-state index in [1.54, 1.807) is 13.8 Å². The Morgan fingerprint density at radius 2 is 2.19 bits per heavy atom. The molecule has 7 nitrogen and oxygen atoms in total. The zero-order valence-electron chi connectivity index (χ0n) is 9.20. The number of primary amides is 1. The maximum Gasteiger partial charge on any atom is 0.257 e. The van der Waals surface area contributed by atoms with Crippen molar-refractivity contribution in [3.05, 3.63) is 11.8 Å². The van der Waals surface area contributed by atoms with Crippen LogP contribution in [-0.2, 0) is 4.79 Å². The van der Waals surface area contributed by atoms with E-state index in [4.69, 9.17) is 11.5 Å². The SMILES string of the molecule is CC(C)(CC(N)=O)NC(=O)c1cn[nH]c1N. The average molecular weight is 225 g/mol. The Bertz CT molecular complexity index is 410. The van der Waals surface area contributed by atoms with E-state index in [0.717, 1.165) is 0 Å². The zero-order valence-corrected chi connectivity index (χ0v) is 9.20. The van der Waals surface area contributed by atoms with Crippen LogP contribution in [0.4, 0.5) is 5.82 Å². The first-order chi connectivity index (χ1) is 7.32. The van der Waals surface area contributed by atoms with Gasteiger partial charge in [-0.1, -0.05) is 0 Å². The number of hydrogen-bond acceptors (Lipinski definition) is 4. The van der Waals surface area contributed by atoms with Crippen LogP contribution in [0.1, 0.15) is 30.6 Å². The summed E-state index contributed by atoms with van der Waals surface area (Å²) in [5.41, 5.74) is 10.1. The highest BCUT2D eigenvalue weighted by molar-refractivity contribution is 5.98. The van der Waals surface area contributed by atoms with Crippen molar-refractivity contribution in [2.45, 2.75) is 25.8 Å². The lowest BCUT2D eigenvalue weighted by Crippen LogP contribution is -2.46. The van der Waals surface area contributed by atoms with Crippen molar-refractivity contribution in [3.8, 4) is 0 Å². The maximum atomic E-state index is 11.7. The fourth-order valence-electron chi connectivity index (χ4n) is 1.33. The molecular formula is C9H15N5O2. The monoisotopic (exact) mass is 225 g/mol. The van der Waals surface area contributed by atoms with Crippen LogP contribution in [0.25, 0.3) is 0 Å². The van der Waals surface area contributed by atoms with Crippen molar-refractivity contribution in [1.82, 2.24) is 15.5 Å². The van der Waals surface area contributed by atoms with E-state index in [1.165, 1.54) is 6.20 Å². The summed E-state index contributed by atoms with van der Waals surface area (Å²) in [4.78, 5) is 22.5. The molecule has 1 rings (SSSR count). The Labute approximate surface area is 92.6 Å². The molecule has 88 valence electrons. The van der Waals surface area contributed by atoms with Gasteiger partial charge in [0.15, 0.2) is 0 Å². The van der Waals surface area contributed by atoms with Gasteiger partial charge in [-0.15, -0.1) is 0 Å².